The number of benzene rings is 1. The summed E-state index contributed by atoms with van der Waals surface area (Å²) >= 11 is 0. The lowest BCUT2D eigenvalue weighted by Crippen LogP contribution is -2.49. The molecule has 0 bridgehead atoms. The predicted molar refractivity (Wildman–Crippen MR) is 96.3 cm³/mol. The first-order chi connectivity index (χ1) is 12.0. The number of hydrogen-bond acceptors (Lipinski definition) is 4. The van der Waals surface area contributed by atoms with E-state index >= 15 is 0 Å². The molecule has 6 nitrogen and oxygen atoms in total. The van der Waals surface area contributed by atoms with Crippen molar-refractivity contribution in [2.24, 2.45) is 0 Å². The molecule has 0 aliphatic heterocycles. The number of likely N-dealkylation sites (N-methyl/N-ethyl adjacent to an activating group) is 1. The van der Waals surface area contributed by atoms with Gasteiger partial charge in [0.1, 0.15) is 18.5 Å². The Labute approximate surface area is 148 Å². The van der Waals surface area contributed by atoms with Crippen LogP contribution < -0.4 is 0 Å². The highest BCUT2D eigenvalue weighted by Gasteiger charge is 2.34. The van der Waals surface area contributed by atoms with Crippen molar-refractivity contribution in [2.75, 3.05) is 14.2 Å². The van der Waals surface area contributed by atoms with E-state index in [1.54, 1.807) is 19.1 Å². The maximum Gasteiger partial charge on any atom is 0.242 e. The third-order valence-corrected chi connectivity index (χ3v) is 5.35. The van der Waals surface area contributed by atoms with Crippen LogP contribution >= 0.6 is 0 Å². The number of ether oxygens (including phenoxy) is 1. The molecule has 3 atom stereocenters. The van der Waals surface area contributed by atoms with Crippen molar-refractivity contribution in [3.63, 3.8) is 0 Å². The number of nitrogens with zero attached hydrogens (tertiary/aromatic N) is 3. The molecular formula is C19H27N3O3. The maximum atomic E-state index is 12.9. The minimum Gasteiger partial charge on any atom is -0.388 e. The van der Waals surface area contributed by atoms with E-state index in [2.05, 4.69) is 4.98 Å². The van der Waals surface area contributed by atoms with E-state index in [1.807, 2.05) is 35.8 Å². The van der Waals surface area contributed by atoms with Gasteiger partial charge in [-0.3, -0.25) is 4.79 Å². The average molecular weight is 345 g/mol. The van der Waals surface area contributed by atoms with E-state index in [4.69, 9.17) is 4.74 Å². The van der Waals surface area contributed by atoms with Crippen molar-refractivity contribution in [3.8, 4) is 0 Å². The van der Waals surface area contributed by atoms with Crippen LogP contribution in [0.1, 0.15) is 31.5 Å². The van der Waals surface area contributed by atoms with Crippen LogP contribution in [0.3, 0.4) is 0 Å². The van der Waals surface area contributed by atoms with Crippen molar-refractivity contribution >= 4 is 16.9 Å². The number of hydrogen-bond donors (Lipinski definition) is 1. The van der Waals surface area contributed by atoms with Crippen molar-refractivity contribution in [1.29, 1.82) is 0 Å². The molecule has 2 aromatic rings. The van der Waals surface area contributed by atoms with Crippen LogP contribution in [0.15, 0.2) is 24.3 Å². The van der Waals surface area contributed by atoms with E-state index in [9.17, 15) is 9.90 Å². The van der Waals surface area contributed by atoms with Crippen LogP contribution in [0.2, 0.25) is 0 Å². The SMILES string of the molecule is CO[C@@H]1CCCC[C@@H](N(C)C(=O)Cn2c(C)nc3ccccc32)[C@H]1O. The van der Waals surface area contributed by atoms with Crippen molar-refractivity contribution in [1.82, 2.24) is 14.5 Å². The largest absolute Gasteiger partial charge is 0.388 e. The van der Waals surface area contributed by atoms with Crippen LogP contribution in [0.4, 0.5) is 0 Å². The Morgan fingerprint density at radius 2 is 2.08 bits per heavy atom. The number of aliphatic hydroxyl groups excluding tert-OH is 1. The first kappa shape index (κ1) is 17.9. The Hall–Kier alpha value is -1.92. The highest BCUT2D eigenvalue weighted by atomic mass is 16.5. The topological polar surface area (TPSA) is 67.6 Å². The van der Waals surface area contributed by atoms with Crippen LogP contribution in [0.5, 0.6) is 0 Å². The van der Waals surface area contributed by atoms with Gasteiger partial charge in [-0.15, -0.1) is 0 Å². The Morgan fingerprint density at radius 1 is 1.36 bits per heavy atom. The first-order valence-corrected chi connectivity index (χ1v) is 8.91. The Morgan fingerprint density at radius 3 is 2.84 bits per heavy atom. The number of fused-ring (bicyclic) bond motifs is 1. The number of carbonyl (C=O) groups excluding carboxylic acids is 1. The molecule has 1 aromatic carbocycles. The molecule has 1 heterocycles. The molecule has 1 amide bonds. The van der Waals surface area contributed by atoms with Gasteiger partial charge >= 0.3 is 0 Å². The molecule has 6 heteroatoms. The number of aromatic nitrogens is 2. The van der Waals surface area contributed by atoms with Crippen molar-refractivity contribution in [3.05, 3.63) is 30.1 Å². The molecule has 1 saturated carbocycles. The molecule has 3 rings (SSSR count). The van der Waals surface area contributed by atoms with Crippen LogP contribution in [0, 0.1) is 6.92 Å². The van der Waals surface area contributed by atoms with E-state index in [1.165, 1.54) is 0 Å². The first-order valence-electron chi connectivity index (χ1n) is 8.91. The van der Waals surface area contributed by atoms with E-state index in [-0.39, 0.29) is 24.6 Å². The summed E-state index contributed by atoms with van der Waals surface area (Å²) in [5, 5.41) is 10.6. The fraction of sp³-hybridized carbons (Fsp3) is 0.579. The molecule has 0 unspecified atom stereocenters. The molecule has 136 valence electrons. The zero-order valence-electron chi connectivity index (χ0n) is 15.2. The summed E-state index contributed by atoms with van der Waals surface area (Å²) in [4.78, 5) is 19.1. The summed E-state index contributed by atoms with van der Waals surface area (Å²) in [7, 11) is 3.40. The molecule has 0 radical (unpaired) electrons. The quantitative estimate of drug-likeness (QED) is 0.862. The van der Waals surface area contributed by atoms with Gasteiger partial charge in [-0.05, 0) is 31.9 Å². The third-order valence-electron chi connectivity index (χ3n) is 5.35. The number of aliphatic hydroxyl groups is 1. The highest BCUT2D eigenvalue weighted by Crippen LogP contribution is 2.24. The minimum absolute atomic E-state index is 0.0212. The zero-order valence-corrected chi connectivity index (χ0v) is 15.2. The number of amides is 1. The fourth-order valence-electron chi connectivity index (χ4n) is 3.80. The number of imidazole rings is 1. The normalized spacial score (nSPS) is 24.2. The fourth-order valence-corrected chi connectivity index (χ4v) is 3.80. The Kier molecular flexibility index (Phi) is 5.39. The second-order valence-electron chi connectivity index (χ2n) is 6.86. The van der Waals surface area contributed by atoms with Crippen LogP contribution in [-0.4, -0.2) is 57.9 Å². The Balaban J connectivity index is 1.78. The van der Waals surface area contributed by atoms with E-state index in [0.717, 1.165) is 42.5 Å². The number of aryl methyl sites for hydroxylation is 1. The summed E-state index contributed by atoms with van der Waals surface area (Å²) in [6, 6.07) is 7.61. The number of rotatable bonds is 4. The Bertz CT molecular complexity index is 743. The summed E-state index contributed by atoms with van der Waals surface area (Å²) in [6.07, 6.45) is 2.78. The number of carbonyl (C=O) groups is 1. The monoisotopic (exact) mass is 345 g/mol. The van der Waals surface area contributed by atoms with Gasteiger partial charge in [0.15, 0.2) is 0 Å². The summed E-state index contributed by atoms with van der Waals surface area (Å²) < 4.78 is 7.36. The molecule has 0 spiro atoms. The van der Waals surface area contributed by atoms with Crippen molar-refractivity contribution < 1.29 is 14.6 Å². The molecule has 1 aliphatic carbocycles. The predicted octanol–water partition coefficient (Wildman–Crippen LogP) is 2.12. The smallest absolute Gasteiger partial charge is 0.242 e. The lowest BCUT2D eigenvalue weighted by atomic mass is 10.0. The van der Waals surface area contributed by atoms with Gasteiger partial charge in [0.25, 0.3) is 0 Å². The highest BCUT2D eigenvalue weighted by molar-refractivity contribution is 5.81. The summed E-state index contributed by atoms with van der Waals surface area (Å²) in [5.41, 5.74) is 1.85. The summed E-state index contributed by atoms with van der Waals surface area (Å²) in [6.45, 7) is 2.14. The van der Waals surface area contributed by atoms with Crippen molar-refractivity contribution in [2.45, 2.75) is 57.4 Å². The lowest BCUT2D eigenvalue weighted by molar-refractivity contribution is -0.137. The van der Waals surface area contributed by atoms with E-state index < -0.39 is 6.10 Å². The van der Waals surface area contributed by atoms with Crippen LogP contribution in [0.25, 0.3) is 11.0 Å². The molecule has 1 aromatic heterocycles. The van der Waals surface area contributed by atoms with E-state index in [0.29, 0.717) is 0 Å². The van der Waals surface area contributed by atoms with Gasteiger partial charge in [0.2, 0.25) is 5.91 Å². The molecule has 25 heavy (non-hydrogen) atoms. The van der Waals surface area contributed by atoms with Gasteiger partial charge in [0, 0.05) is 14.2 Å². The second kappa shape index (κ2) is 7.54. The molecule has 1 aliphatic rings. The molecule has 1 N–H and O–H groups in total. The zero-order chi connectivity index (χ0) is 18.0. The molecule has 0 saturated heterocycles. The van der Waals surface area contributed by atoms with Gasteiger partial charge in [-0.1, -0.05) is 25.0 Å². The third kappa shape index (κ3) is 3.55. The number of methoxy groups -OCH3 is 1. The standard InChI is InChI=1S/C19H27N3O3/c1-13-20-14-8-4-5-9-15(14)22(13)12-18(23)21(2)16-10-6-7-11-17(25-3)19(16)24/h4-5,8-9,16-17,19,24H,6-7,10-12H2,1-3H3/t16-,17-,19-/m1/s1. The van der Waals surface area contributed by atoms with Gasteiger partial charge in [-0.25, -0.2) is 4.98 Å². The summed E-state index contributed by atoms with van der Waals surface area (Å²) in [5.74, 6) is 0.797. The van der Waals surface area contributed by atoms with Gasteiger partial charge < -0.3 is 19.3 Å². The lowest BCUT2D eigenvalue weighted by Gasteiger charge is -2.33. The van der Waals surface area contributed by atoms with Crippen LogP contribution in [-0.2, 0) is 16.1 Å². The minimum atomic E-state index is -0.651. The molecule has 1 fully saturated rings. The van der Waals surface area contributed by atoms with Gasteiger partial charge in [0.05, 0.1) is 23.2 Å². The van der Waals surface area contributed by atoms with Gasteiger partial charge in [-0.2, -0.15) is 0 Å². The maximum absolute atomic E-state index is 12.9. The number of para-hydroxylation sites is 2. The molecular weight excluding hydrogens is 318 g/mol. The average Bonchev–Trinajstić information content (AvgIpc) is 2.80. The second-order valence-corrected chi connectivity index (χ2v) is 6.86.